The molecular formula is C18H22ClN3O3. The van der Waals surface area contributed by atoms with Gasteiger partial charge in [0.15, 0.2) is 0 Å². The monoisotopic (exact) mass is 363 g/mol. The maximum absolute atomic E-state index is 11.8. The highest BCUT2D eigenvalue weighted by Gasteiger charge is 2.22. The summed E-state index contributed by atoms with van der Waals surface area (Å²) in [6.45, 7) is 5.82. The zero-order chi connectivity index (χ0) is 17.8. The first kappa shape index (κ1) is 17.9. The second kappa shape index (κ2) is 7.99. The Morgan fingerprint density at radius 1 is 1.32 bits per heavy atom. The molecule has 2 heterocycles. The van der Waals surface area contributed by atoms with E-state index < -0.39 is 0 Å². The minimum absolute atomic E-state index is 0.0445. The van der Waals surface area contributed by atoms with E-state index >= 15 is 0 Å². The highest BCUT2D eigenvalue weighted by Crippen LogP contribution is 2.25. The molecule has 0 N–H and O–H groups in total. The molecule has 3 rings (SSSR count). The number of ether oxygens (including phenoxy) is 1. The zero-order valence-electron chi connectivity index (χ0n) is 14.5. The maximum atomic E-state index is 11.8. The van der Waals surface area contributed by atoms with E-state index in [9.17, 15) is 4.79 Å². The quantitative estimate of drug-likeness (QED) is 0.817. The largest absolute Gasteiger partial charge is 0.441 e. The SMILES string of the molecule is COCC(=O)N1CCN(Cc2nc(-c3cccc(Cl)c3)oc2C)CC1. The lowest BCUT2D eigenvalue weighted by molar-refractivity contribution is -0.136. The number of aryl methyl sites for hydroxylation is 1. The standard InChI is InChI=1S/C18H22ClN3O3/c1-13-16(20-18(25-13)14-4-3-5-15(19)10-14)11-21-6-8-22(9-7-21)17(23)12-24-2/h3-5,10H,6-9,11-12H2,1-2H3. The summed E-state index contributed by atoms with van der Waals surface area (Å²) in [5, 5.41) is 0.659. The highest BCUT2D eigenvalue weighted by molar-refractivity contribution is 6.30. The first-order chi connectivity index (χ1) is 12.1. The molecule has 1 aliphatic heterocycles. The fraction of sp³-hybridized carbons (Fsp3) is 0.444. The Kier molecular flexibility index (Phi) is 5.73. The molecule has 0 saturated carbocycles. The van der Waals surface area contributed by atoms with E-state index in [1.165, 1.54) is 0 Å². The highest BCUT2D eigenvalue weighted by atomic mass is 35.5. The average Bonchev–Trinajstić information content (AvgIpc) is 2.96. The summed E-state index contributed by atoms with van der Waals surface area (Å²) in [6, 6.07) is 7.48. The van der Waals surface area contributed by atoms with Gasteiger partial charge in [0.25, 0.3) is 0 Å². The molecule has 1 aromatic heterocycles. The van der Waals surface area contributed by atoms with Crippen LogP contribution in [0.25, 0.3) is 11.5 Å². The van der Waals surface area contributed by atoms with Gasteiger partial charge < -0.3 is 14.1 Å². The minimum Gasteiger partial charge on any atom is -0.441 e. The van der Waals surface area contributed by atoms with Crippen LogP contribution in [-0.4, -0.2) is 60.6 Å². The second-order valence-electron chi connectivity index (χ2n) is 6.12. The molecule has 1 aromatic carbocycles. The Labute approximate surface area is 152 Å². The molecule has 0 radical (unpaired) electrons. The van der Waals surface area contributed by atoms with Gasteiger partial charge in [-0.25, -0.2) is 4.98 Å². The van der Waals surface area contributed by atoms with Crippen molar-refractivity contribution < 1.29 is 13.9 Å². The molecule has 1 aliphatic rings. The number of piperazine rings is 1. The molecule has 1 saturated heterocycles. The molecule has 134 valence electrons. The van der Waals surface area contributed by atoms with Crippen LogP contribution in [-0.2, 0) is 16.1 Å². The molecule has 0 spiro atoms. The van der Waals surface area contributed by atoms with Crippen molar-refractivity contribution in [2.45, 2.75) is 13.5 Å². The Morgan fingerprint density at radius 2 is 2.08 bits per heavy atom. The first-order valence-corrected chi connectivity index (χ1v) is 8.66. The third kappa shape index (κ3) is 4.39. The minimum atomic E-state index is 0.0445. The lowest BCUT2D eigenvalue weighted by atomic mass is 10.2. The van der Waals surface area contributed by atoms with Crippen molar-refractivity contribution in [3.63, 3.8) is 0 Å². The van der Waals surface area contributed by atoms with Crippen LogP contribution in [0.15, 0.2) is 28.7 Å². The van der Waals surface area contributed by atoms with Crippen LogP contribution in [0.5, 0.6) is 0 Å². The second-order valence-corrected chi connectivity index (χ2v) is 6.56. The molecule has 0 aliphatic carbocycles. The van der Waals surface area contributed by atoms with Crippen molar-refractivity contribution >= 4 is 17.5 Å². The summed E-state index contributed by atoms with van der Waals surface area (Å²) in [7, 11) is 1.54. The van der Waals surface area contributed by atoms with Crippen LogP contribution in [0.1, 0.15) is 11.5 Å². The normalized spacial score (nSPS) is 15.6. The van der Waals surface area contributed by atoms with E-state index in [4.69, 9.17) is 20.8 Å². The van der Waals surface area contributed by atoms with Crippen LogP contribution in [0.4, 0.5) is 0 Å². The number of nitrogens with zero attached hydrogens (tertiary/aromatic N) is 3. The van der Waals surface area contributed by atoms with Gasteiger partial charge in [-0.05, 0) is 25.1 Å². The van der Waals surface area contributed by atoms with Crippen LogP contribution in [0, 0.1) is 6.92 Å². The molecule has 0 bridgehead atoms. The number of hydrogen-bond donors (Lipinski definition) is 0. The topological polar surface area (TPSA) is 58.8 Å². The number of amides is 1. The van der Waals surface area contributed by atoms with Gasteiger partial charge in [-0.3, -0.25) is 9.69 Å². The van der Waals surface area contributed by atoms with Crippen LogP contribution in [0.2, 0.25) is 5.02 Å². The van der Waals surface area contributed by atoms with Gasteiger partial charge in [-0.1, -0.05) is 17.7 Å². The maximum Gasteiger partial charge on any atom is 0.248 e. The number of methoxy groups -OCH3 is 1. The van der Waals surface area contributed by atoms with Gasteiger partial charge in [0.05, 0.1) is 5.69 Å². The van der Waals surface area contributed by atoms with Gasteiger partial charge in [-0.2, -0.15) is 0 Å². The van der Waals surface area contributed by atoms with Gasteiger partial charge in [-0.15, -0.1) is 0 Å². The molecule has 0 atom stereocenters. The van der Waals surface area contributed by atoms with Gasteiger partial charge >= 0.3 is 0 Å². The number of rotatable bonds is 5. The van der Waals surface area contributed by atoms with E-state index in [-0.39, 0.29) is 12.5 Å². The average molecular weight is 364 g/mol. The third-order valence-electron chi connectivity index (χ3n) is 4.33. The van der Waals surface area contributed by atoms with Gasteiger partial charge in [0.1, 0.15) is 12.4 Å². The summed E-state index contributed by atoms with van der Waals surface area (Å²) >= 11 is 6.04. The summed E-state index contributed by atoms with van der Waals surface area (Å²) in [6.07, 6.45) is 0. The molecule has 6 nitrogen and oxygen atoms in total. The molecule has 2 aromatic rings. The van der Waals surface area contributed by atoms with Crippen molar-refractivity contribution in [3.8, 4) is 11.5 Å². The number of benzene rings is 1. The Hall–Kier alpha value is -1.89. The number of halogens is 1. The van der Waals surface area contributed by atoms with Crippen LogP contribution >= 0.6 is 11.6 Å². The molecule has 7 heteroatoms. The Bertz CT molecular complexity index is 739. The summed E-state index contributed by atoms with van der Waals surface area (Å²) < 4.78 is 10.7. The molecule has 25 heavy (non-hydrogen) atoms. The number of aromatic nitrogens is 1. The zero-order valence-corrected chi connectivity index (χ0v) is 15.3. The Balaban J connectivity index is 1.62. The predicted octanol–water partition coefficient (Wildman–Crippen LogP) is 2.59. The Morgan fingerprint density at radius 3 is 2.76 bits per heavy atom. The molecule has 1 amide bonds. The van der Waals surface area contributed by atoms with Crippen molar-refractivity contribution in [1.82, 2.24) is 14.8 Å². The molecule has 1 fully saturated rings. The van der Waals surface area contributed by atoms with E-state index in [2.05, 4.69) is 9.88 Å². The summed E-state index contributed by atoms with van der Waals surface area (Å²) in [5.41, 5.74) is 1.79. The van der Waals surface area contributed by atoms with Crippen LogP contribution < -0.4 is 0 Å². The van der Waals surface area contributed by atoms with Crippen LogP contribution in [0.3, 0.4) is 0 Å². The molecule has 0 unspecified atom stereocenters. The lowest BCUT2D eigenvalue weighted by Gasteiger charge is -2.34. The van der Waals surface area contributed by atoms with E-state index in [0.29, 0.717) is 30.5 Å². The number of carbonyl (C=O) groups excluding carboxylic acids is 1. The van der Waals surface area contributed by atoms with Crippen molar-refractivity contribution in [1.29, 1.82) is 0 Å². The predicted molar refractivity (Wildman–Crippen MR) is 95.4 cm³/mol. The van der Waals surface area contributed by atoms with Crippen molar-refractivity contribution in [2.24, 2.45) is 0 Å². The fourth-order valence-electron chi connectivity index (χ4n) is 2.90. The van der Waals surface area contributed by atoms with E-state index in [0.717, 1.165) is 30.1 Å². The summed E-state index contributed by atoms with van der Waals surface area (Å²) in [5.74, 6) is 1.44. The lowest BCUT2D eigenvalue weighted by Crippen LogP contribution is -2.49. The third-order valence-corrected chi connectivity index (χ3v) is 4.57. The number of hydrogen-bond acceptors (Lipinski definition) is 5. The summed E-state index contributed by atoms with van der Waals surface area (Å²) in [4.78, 5) is 20.6. The number of carbonyl (C=O) groups is 1. The first-order valence-electron chi connectivity index (χ1n) is 8.28. The fourth-order valence-corrected chi connectivity index (χ4v) is 3.09. The van der Waals surface area contributed by atoms with Crippen molar-refractivity contribution in [2.75, 3.05) is 39.9 Å². The van der Waals surface area contributed by atoms with Crippen molar-refractivity contribution in [3.05, 3.63) is 40.7 Å². The number of oxazole rings is 1. The van der Waals surface area contributed by atoms with Gasteiger partial charge in [0.2, 0.25) is 11.8 Å². The smallest absolute Gasteiger partial charge is 0.248 e. The van der Waals surface area contributed by atoms with Gasteiger partial charge in [0, 0.05) is 50.4 Å². The van der Waals surface area contributed by atoms with E-state index in [1.54, 1.807) is 7.11 Å². The molecular weight excluding hydrogens is 342 g/mol. The van der Waals surface area contributed by atoms with E-state index in [1.807, 2.05) is 36.1 Å².